The summed E-state index contributed by atoms with van der Waals surface area (Å²) in [5, 5.41) is 12.4. The van der Waals surface area contributed by atoms with Gasteiger partial charge in [-0.1, -0.05) is 110 Å². The molecule has 0 rings (SSSR count). The van der Waals surface area contributed by atoms with E-state index < -0.39 is 0 Å². The smallest absolute Gasteiger partial charge is 0.220 e. The van der Waals surface area contributed by atoms with E-state index in [0.717, 1.165) is 19.3 Å². The molecule has 0 aliphatic rings. The average Bonchev–Trinajstić information content (AvgIpc) is 2.73. The largest absolute Gasteiger partial charge is 0.394 e. The number of hydrogen-bond acceptors (Lipinski definition) is 3. The van der Waals surface area contributed by atoms with E-state index in [-0.39, 0.29) is 18.6 Å². The van der Waals surface area contributed by atoms with E-state index in [2.05, 4.69) is 19.2 Å². The summed E-state index contributed by atoms with van der Waals surface area (Å²) in [5.74, 6) is 0.0853. The summed E-state index contributed by atoms with van der Waals surface area (Å²) < 4.78 is 5.72. The van der Waals surface area contributed by atoms with Crippen LogP contribution in [0.25, 0.3) is 0 Å². The van der Waals surface area contributed by atoms with E-state index in [1.54, 1.807) is 0 Å². The SMILES string of the molecule is CCCCCCCCCCCC(=O)NCC(CO)OCCCCCCCCCC. The standard InChI is InChI=1S/C25H51NO3/c1-3-5-7-9-11-13-14-16-18-20-25(28)26-22-24(23-27)29-21-19-17-15-12-10-8-6-4-2/h24,27H,3-23H2,1-2H3,(H,26,28). The van der Waals surface area contributed by atoms with Gasteiger partial charge in [0.05, 0.1) is 12.7 Å². The molecule has 174 valence electrons. The number of rotatable bonds is 23. The van der Waals surface area contributed by atoms with E-state index in [9.17, 15) is 9.90 Å². The van der Waals surface area contributed by atoms with Crippen LogP contribution in [-0.4, -0.2) is 36.9 Å². The maximum absolute atomic E-state index is 11.9. The molecule has 0 aromatic heterocycles. The first kappa shape index (κ1) is 28.4. The van der Waals surface area contributed by atoms with E-state index in [4.69, 9.17) is 4.74 Å². The van der Waals surface area contributed by atoms with Gasteiger partial charge in [0, 0.05) is 19.6 Å². The highest BCUT2D eigenvalue weighted by molar-refractivity contribution is 5.75. The molecule has 1 unspecified atom stereocenters. The highest BCUT2D eigenvalue weighted by Gasteiger charge is 2.09. The lowest BCUT2D eigenvalue weighted by molar-refractivity contribution is -0.122. The highest BCUT2D eigenvalue weighted by Crippen LogP contribution is 2.11. The Kier molecular flexibility index (Phi) is 23.2. The van der Waals surface area contributed by atoms with Gasteiger partial charge in [-0.15, -0.1) is 0 Å². The molecule has 0 radical (unpaired) electrons. The monoisotopic (exact) mass is 413 g/mol. The van der Waals surface area contributed by atoms with Crippen molar-refractivity contribution >= 4 is 5.91 Å². The molecule has 0 saturated heterocycles. The quantitative estimate of drug-likeness (QED) is 0.187. The molecule has 29 heavy (non-hydrogen) atoms. The van der Waals surface area contributed by atoms with Crippen LogP contribution in [-0.2, 0) is 9.53 Å². The fraction of sp³-hybridized carbons (Fsp3) is 0.960. The lowest BCUT2D eigenvalue weighted by Crippen LogP contribution is -2.35. The normalized spacial score (nSPS) is 12.2. The summed E-state index contributed by atoms with van der Waals surface area (Å²) in [4.78, 5) is 11.9. The molecule has 4 heteroatoms. The lowest BCUT2D eigenvalue weighted by atomic mass is 10.1. The van der Waals surface area contributed by atoms with Gasteiger partial charge in [0.2, 0.25) is 5.91 Å². The van der Waals surface area contributed by atoms with Crippen LogP contribution in [0.4, 0.5) is 0 Å². The van der Waals surface area contributed by atoms with Crippen LogP contribution in [0, 0.1) is 0 Å². The van der Waals surface area contributed by atoms with Gasteiger partial charge in [0.1, 0.15) is 0 Å². The first-order valence-corrected chi connectivity index (χ1v) is 12.7. The van der Waals surface area contributed by atoms with Gasteiger partial charge >= 0.3 is 0 Å². The maximum Gasteiger partial charge on any atom is 0.220 e. The number of carbonyl (C=O) groups excluding carboxylic acids is 1. The number of aliphatic hydroxyl groups is 1. The van der Waals surface area contributed by atoms with Crippen molar-refractivity contribution < 1.29 is 14.6 Å². The fourth-order valence-electron chi connectivity index (χ4n) is 3.57. The zero-order valence-corrected chi connectivity index (χ0v) is 19.7. The van der Waals surface area contributed by atoms with E-state index >= 15 is 0 Å². The molecule has 0 fully saturated rings. The first-order chi connectivity index (χ1) is 14.2. The van der Waals surface area contributed by atoms with Crippen LogP contribution >= 0.6 is 0 Å². The summed E-state index contributed by atoms with van der Waals surface area (Å²) in [6.45, 7) is 5.55. The number of hydrogen-bond donors (Lipinski definition) is 2. The zero-order chi connectivity index (χ0) is 21.4. The summed E-state index contributed by atoms with van der Waals surface area (Å²) in [7, 11) is 0. The Morgan fingerprint density at radius 3 is 1.66 bits per heavy atom. The van der Waals surface area contributed by atoms with E-state index in [0.29, 0.717) is 19.6 Å². The van der Waals surface area contributed by atoms with Gasteiger partial charge in [-0.05, 0) is 12.8 Å². The van der Waals surface area contributed by atoms with Crippen LogP contribution in [0.15, 0.2) is 0 Å². The van der Waals surface area contributed by atoms with E-state index in [1.807, 2.05) is 0 Å². The van der Waals surface area contributed by atoms with Gasteiger partial charge < -0.3 is 15.2 Å². The number of unbranched alkanes of at least 4 members (excludes halogenated alkanes) is 15. The van der Waals surface area contributed by atoms with Crippen LogP contribution in [0.1, 0.15) is 129 Å². The fourth-order valence-corrected chi connectivity index (χ4v) is 3.57. The van der Waals surface area contributed by atoms with Crippen molar-refractivity contribution in [2.45, 2.75) is 136 Å². The topological polar surface area (TPSA) is 58.6 Å². The van der Waals surface area contributed by atoms with Crippen molar-refractivity contribution in [1.82, 2.24) is 5.32 Å². The Labute approximate surface area is 181 Å². The predicted octanol–water partition coefficient (Wildman–Crippen LogP) is 6.54. The molecule has 0 saturated carbocycles. The van der Waals surface area contributed by atoms with Crippen LogP contribution in [0.5, 0.6) is 0 Å². The minimum Gasteiger partial charge on any atom is -0.394 e. The molecule has 4 nitrogen and oxygen atoms in total. The summed E-state index contributed by atoms with van der Waals surface area (Å²) in [5.41, 5.74) is 0. The number of ether oxygens (including phenoxy) is 1. The Hall–Kier alpha value is -0.610. The van der Waals surface area contributed by atoms with Gasteiger partial charge in [-0.2, -0.15) is 0 Å². The Morgan fingerprint density at radius 2 is 1.17 bits per heavy atom. The number of carbonyl (C=O) groups is 1. The molecular formula is C25H51NO3. The highest BCUT2D eigenvalue weighted by atomic mass is 16.5. The van der Waals surface area contributed by atoms with E-state index in [1.165, 1.54) is 89.9 Å². The molecule has 0 aromatic carbocycles. The first-order valence-electron chi connectivity index (χ1n) is 12.7. The molecule has 0 heterocycles. The van der Waals surface area contributed by atoms with Gasteiger partial charge in [0.25, 0.3) is 0 Å². The minimum absolute atomic E-state index is 0.0324. The van der Waals surface area contributed by atoms with Crippen molar-refractivity contribution in [3.05, 3.63) is 0 Å². The third-order valence-corrected chi connectivity index (χ3v) is 5.59. The third-order valence-electron chi connectivity index (χ3n) is 5.59. The third kappa shape index (κ3) is 21.9. The maximum atomic E-state index is 11.9. The van der Waals surface area contributed by atoms with Gasteiger partial charge in [-0.25, -0.2) is 0 Å². The molecular weight excluding hydrogens is 362 g/mol. The molecule has 2 N–H and O–H groups in total. The second-order valence-corrected chi connectivity index (χ2v) is 8.53. The van der Waals surface area contributed by atoms with Crippen LogP contribution in [0.2, 0.25) is 0 Å². The van der Waals surface area contributed by atoms with Gasteiger partial charge in [0.15, 0.2) is 0 Å². The molecule has 0 aliphatic heterocycles. The summed E-state index contributed by atoms with van der Waals surface area (Å²) in [6.07, 6.45) is 21.8. The second kappa shape index (κ2) is 23.7. The van der Waals surface area contributed by atoms with Crippen molar-refractivity contribution in [2.24, 2.45) is 0 Å². The van der Waals surface area contributed by atoms with Gasteiger partial charge in [-0.3, -0.25) is 4.79 Å². The Balaban J connectivity index is 3.45. The van der Waals surface area contributed by atoms with Crippen molar-refractivity contribution in [3.8, 4) is 0 Å². The Bertz CT molecular complexity index is 336. The number of aliphatic hydroxyl groups excluding tert-OH is 1. The minimum atomic E-state index is -0.272. The molecule has 0 bridgehead atoms. The summed E-state index contributed by atoms with van der Waals surface area (Å²) >= 11 is 0. The molecule has 1 atom stereocenters. The number of nitrogens with one attached hydrogen (secondary N) is 1. The van der Waals surface area contributed by atoms with Crippen molar-refractivity contribution in [2.75, 3.05) is 19.8 Å². The molecule has 0 aliphatic carbocycles. The number of amides is 1. The van der Waals surface area contributed by atoms with Crippen LogP contribution in [0.3, 0.4) is 0 Å². The predicted molar refractivity (Wildman–Crippen MR) is 124 cm³/mol. The second-order valence-electron chi connectivity index (χ2n) is 8.53. The lowest BCUT2D eigenvalue weighted by Gasteiger charge is -2.16. The summed E-state index contributed by atoms with van der Waals surface area (Å²) in [6, 6.07) is 0. The molecule has 0 aromatic rings. The van der Waals surface area contributed by atoms with Crippen molar-refractivity contribution in [1.29, 1.82) is 0 Å². The van der Waals surface area contributed by atoms with Crippen molar-refractivity contribution in [3.63, 3.8) is 0 Å². The average molecular weight is 414 g/mol. The molecule has 1 amide bonds. The molecule has 0 spiro atoms. The Morgan fingerprint density at radius 1 is 0.724 bits per heavy atom. The van der Waals surface area contributed by atoms with Crippen LogP contribution < -0.4 is 5.32 Å². The zero-order valence-electron chi connectivity index (χ0n) is 19.7.